The molecule has 7 nitrogen and oxygen atoms in total. The second-order valence-electron chi connectivity index (χ2n) is 4.57. The molecular formula is C11H11N3O4S2. The Balaban J connectivity index is 1.97. The van der Waals surface area contributed by atoms with Crippen molar-refractivity contribution in [3.63, 3.8) is 0 Å². The molecule has 2 aromatic rings. The number of carbonyl (C=O) groups excluding carboxylic acids is 1. The number of carbonyl (C=O) groups is 1. The van der Waals surface area contributed by atoms with E-state index < -0.39 is 15.3 Å². The summed E-state index contributed by atoms with van der Waals surface area (Å²) in [7, 11) is -3.74. The van der Waals surface area contributed by atoms with Gasteiger partial charge < -0.3 is 5.11 Å². The van der Waals surface area contributed by atoms with Gasteiger partial charge in [0.25, 0.3) is 0 Å². The molecule has 20 heavy (non-hydrogen) atoms. The van der Waals surface area contributed by atoms with Crippen molar-refractivity contribution in [1.82, 2.24) is 4.98 Å². The first-order chi connectivity index (χ1) is 9.34. The minimum Gasteiger partial charge on any atom is -0.508 e. The first-order valence-corrected chi connectivity index (χ1v) is 8.19. The van der Waals surface area contributed by atoms with E-state index in [4.69, 9.17) is 5.14 Å². The van der Waals surface area contributed by atoms with E-state index in [0.717, 1.165) is 4.70 Å². The van der Waals surface area contributed by atoms with Crippen molar-refractivity contribution in [2.45, 2.75) is 11.7 Å². The second-order valence-corrected chi connectivity index (χ2v) is 7.42. The van der Waals surface area contributed by atoms with Crippen molar-refractivity contribution in [3.8, 4) is 5.75 Å². The van der Waals surface area contributed by atoms with Gasteiger partial charge in [-0.05, 0) is 18.2 Å². The zero-order valence-corrected chi connectivity index (χ0v) is 11.8. The number of aromatic hydroxyl groups is 1. The monoisotopic (exact) mass is 313 g/mol. The highest BCUT2D eigenvalue weighted by Crippen LogP contribution is 2.33. The number of phenols is 1. The van der Waals surface area contributed by atoms with Gasteiger partial charge in [0.2, 0.25) is 15.9 Å². The van der Waals surface area contributed by atoms with E-state index >= 15 is 0 Å². The van der Waals surface area contributed by atoms with Crippen molar-refractivity contribution in [3.05, 3.63) is 18.2 Å². The van der Waals surface area contributed by atoms with E-state index in [-0.39, 0.29) is 24.6 Å². The summed E-state index contributed by atoms with van der Waals surface area (Å²) in [6.45, 7) is 0.0173. The zero-order valence-electron chi connectivity index (χ0n) is 10.2. The molecule has 3 rings (SSSR count). The number of rotatable bonds is 2. The number of thiazole rings is 1. The van der Waals surface area contributed by atoms with Crippen LogP contribution in [0.2, 0.25) is 0 Å². The van der Waals surface area contributed by atoms with Crippen molar-refractivity contribution in [2.75, 3.05) is 11.4 Å². The first-order valence-electron chi connectivity index (χ1n) is 5.76. The van der Waals surface area contributed by atoms with Gasteiger partial charge in [-0.1, -0.05) is 11.3 Å². The number of amides is 1. The van der Waals surface area contributed by atoms with Crippen LogP contribution in [0.4, 0.5) is 5.13 Å². The molecule has 1 aliphatic heterocycles. The fourth-order valence-electron chi connectivity index (χ4n) is 2.10. The highest BCUT2D eigenvalue weighted by atomic mass is 32.2. The minimum absolute atomic E-state index is 0.0173. The molecule has 1 saturated heterocycles. The summed E-state index contributed by atoms with van der Waals surface area (Å²) >= 11 is 1.22. The van der Waals surface area contributed by atoms with Crippen LogP contribution in [0, 0.1) is 0 Å². The standard InChI is InChI=1S/C11H11N3O4S2/c12-20(17,18)7-4-10(16)14(5-7)11-13-8-2-1-6(15)3-9(8)19-11/h1-3,7,15H,4-5H2,(H2,12,17,18). The highest BCUT2D eigenvalue weighted by molar-refractivity contribution is 7.89. The lowest BCUT2D eigenvalue weighted by Crippen LogP contribution is -2.32. The number of fused-ring (bicyclic) bond motifs is 1. The molecule has 1 aromatic carbocycles. The van der Waals surface area contributed by atoms with Gasteiger partial charge in [-0.25, -0.2) is 18.5 Å². The number of hydrogen-bond donors (Lipinski definition) is 2. The largest absolute Gasteiger partial charge is 0.508 e. The topological polar surface area (TPSA) is 114 Å². The molecular weight excluding hydrogens is 302 g/mol. The van der Waals surface area contributed by atoms with Gasteiger partial charge in [0.15, 0.2) is 5.13 Å². The van der Waals surface area contributed by atoms with E-state index in [1.165, 1.54) is 22.3 Å². The van der Waals surface area contributed by atoms with E-state index in [0.29, 0.717) is 10.6 Å². The van der Waals surface area contributed by atoms with Crippen molar-refractivity contribution in [2.24, 2.45) is 5.14 Å². The molecule has 1 amide bonds. The molecule has 9 heteroatoms. The minimum atomic E-state index is -3.74. The zero-order chi connectivity index (χ0) is 14.5. The molecule has 3 N–H and O–H groups in total. The van der Waals surface area contributed by atoms with Crippen LogP contribution in [0.15, 0.2) is 18.2 Å². The highest BCUT2D eigenvalue weighted by Gasteiger charge is 2.38. The molecule has 0 saturated carbocycles. The molecule has 1 fully saturated rings. The summed E-state index contributed by atoms with van der Waals surface area (Å²) < 4.78 is 23.4. The molecule has 106 valence electrons. The number of nitrogens with two attached hydrogens (primary N) is 1. The average Bonchev–Trinajstić information content (AvgIpc) is 2.90. The maximum Gasteiger partial charge on any atom is 0.230 e. The second kappa shape index (κ2) is 4.40. The van der Waals surface area contributed by atoms with E-state index in [1.54, 1.807) is 12.1 Å². The summed E-state index contributed by atoms with van der Waals surface area (Å²) in [5, 5.41) is 14.0. The van der Waals surface area contributed by atoms with Crippen LogP contribution >= 0.6 is 11.3 Å². The summed E-state index contributed by atoms with van der Waals surface area (Å²) in [6.07, 6.45) is -0.125. The van der Waals surface area contributed by atoms with Crippen LogP contribution in [-0.2, 0) is 14.8 Å². The van der Waals surface area contributed by atoms with Crippen LogP contribution in [-0.4, -0.2) is 36.2 Å². The Bertz CT molecular complexity index is 799. The lowest BCUT2D eigenvalue weighted by molar-refractivity contribution is -0.117. The van der Waals surface area contributed by atoms with Gasteiger partial charge in [0, 0.05) is 13.0 Å². The molecule has 1 aromatic heterocycles. The lowest BCUT2D eigenvalue weighted by atomic mass is 10.3. The van der Waals surface area contributed by atoms with Gasteiger partial charge >= 0.3 is 0 Å². The number of hydrogen-bond acceptors (Lipinski definition) is 6. The van der Waals surface area contributed by atoms with Gasteiger partial charge in [-0.15, -0.1) is 0 Å². The number of aromatic nitrogens is 1. The summed E-state index contributed by atoms with van der Waals surface area (Å²) in [6, 6.07) is 4.70. The first kappa shape index (κ1) is 13.3. The number of nitrogens with zero attached hydrogens (tertiary/aromatic N) is 2. The normalized spacial score (nSPS) is 19.9. The summed E-state index contributed by atoms with van der Waals surface area (Å²) in [5.41, 5.74) is 0.648. The Morgan fingerprint density at radius 2 is 2.20 bits per heavy atom. The fourth-order valence-corrected chi connectivity index (χ4v) is 3.85. The number of sulfonamides is 1. The van der Waals surface area contributed by atoms with Crippen molar-refractivity contribution in [1.29, 1.82) is 0 Å². The molecule has 2 heterocycles. The van der Waals surface area contributed by atoms with Crippen LogP contribution in [0.5, 0.6) is 5.75 Å². The van der Waals surface area contributed by atoms with E-state index in [1.807, 2.05) is 0 Å². The number of phenolic OH excluding ortho intramolecular Hbond substituents is 1. The summed E-state index contributed by atoms with van der Waals surface area (Å²) in [4.78, 5) is 17.5. The van der Waals surface area contributed by atoms with Gasteiger partial charge in [0.1, 0.15) is 11.0 Å². The van der Waals surface area contributed by atoms with E-state index in [9.17, 15) is 18.3 Å². The predicted molar refractivity (Wildman–Crippen MR) is 75.2 cm³/mol. The number of benzene rings is 1. The lowest BCUT2D eigenvalue weighted by Gasteiger charge is -2.11. The van der Waals surface area contributed by atoms with Crippen molar-refractivity contribution < 1.29 is 18.3 Å². The predicted octanol–water partition coefficient (Wildman–Crippen LogP) is 0.396. The Hall–Kier alpha value is -1.71. The van der Waals surface area contributed by atoms with Crippen LogP contribution in [0.25, 0.3) is 10.2 Å². The van der Waals surface area contributed by atoms with E-state index in [2.05, 4.69) is 4.98 Å². The molecule has 0 spiro atoms. The molecule has 1 aliphatic rings. The molecule has 1 atom stereocenters. The van der Waals surface area contributed by atoms with Gasteiger partial charge in [0.05, 0.1) is 10.2 Å². The third-order valence-corrected chi connectivity index (χ3v) is 5.43. The Morgan fingerprint density at radius 1 is 1.45 bits per heavy atom. The molecule has 1 unspecified atom stereocenters. The SMILES string of the molecule is NS(=O)(=O)C1CC(=O)N(c2nc3ccc(O)cc3s2)C1. The molecule has 0 radical (unpaired) electrons. The summed E-state index contributed by atoms with van der Waals surface area (Å²) in [5.74, 6) is -0.199. The molecule has 0 bridgehead atoms. The Labute approximate surface area is 118 Å². The quantitative estimate of drug-likeness (QED) is 0.833. The van der Waals surface area contributed by atoms with Crippen LogP contribution in [0.1, 0.15) is 6.42 Å². The third-order valence-electron chi connectivity index (χ3n) is 3.15. The van der Waals surface area contributed by atoms with Gasteiger partial charge in [-0.3, -0.25) is 9.69 Å². The smallest absolute Gasteiger partial charge is 0.230 e. The Morgan fingerprint density at radius 3 is 2.85 bits per heavy atom. The average molecular weight is 313 g/mol. The van der Waals surface area contributed by atoms with Crippen LogP contribution in [0.3, 0.4) is 0 Å². The fraction of sp³-hybridized carbons (Fsp3) is 0.273. The maximum absolute atomic E-state index is 11.9. The third kappa shape index (κ3) is 2.23. The maximum atomic E-state index is 11.9. The van der Waals surface area contributed by atoms with Crippen LogP contribution < -0.4 is 10.0 Å². The number of primary sulfonamides is 1. The Kier molecular flexibility index (Phi) is 2.92. The van der Waals surface area contributed by atoms with Crippen molar-refractivity contribution >= 4 is 42.6 Å². The molecule has 0 aliphatic carbocycles. The van der Waals surface area contributed by atoms with Gasteiger partial charge in [-0.2, -0.15) is 0 Å². The number of anilines is 1.